The molecule has 1 aromatic carbocycles. The van der Waals surface area contributed by atoms with Crippen LogP contribution in [0.25, 0.3) is 10.8 Å². The molecule has 19 heavy (non-hydrogen) atoms. The lowest BCUT2D eigenvalue weighted by molar-refractivity contribution is 0.102. The fourth-order valence-corrected chi connectivity index (χ4v) is 1.87. The normalized spacial score (nSPS) is 10.6. The van der Waals surface area contributed by atoms with Gasteiger partial charge in [0.2, 0.25) is 0 Å². The Labute approximate surface area is 109 Å². The topological polar surface area (TPSA) is 72.7 Å². The van der Waals surface area contributed by atoms with Crippen LogP contribution in [0.4, 0.5) is 5.69 Å². The van der Waals surface area contributed by atoms with Crippen molar-refractivity contribution in [2.24, 2.45) is 7.05 Å². The van der Waals surface area contributed by atoms with Crippen molar-refractivity contribution in [3.63, 3.8) is 0 Å². The number of aromatic nitrogens is 4. The summed E-state index contributed by atoms with van der Waals surface area (Å²) in [6.07, 6.45) is 5.02. The Kier molecular flexibility index (Phi) is 2.68. The number of carbonyl (C=O) groups is 1. The van der Waals surface area contributed by atoms with Gasteiger partial charge in [-0.25, -0.2) is 0 Å². The average molecular weight is 253 g/mol. The second-order valence-electron chi connectivity index (χ2n) is 4.13. The van der Waals surface area contributed by atoms with Gasteiger partial charge in [0.1, 0.15) is 0 Å². The maximum atomic E-state index is 12.0. The smallest absolute Gasteiger partial charge is 0.277 e. The zero-order valence-corrected chi connectivity index (χ0v) is 10.2. The Morgan fingerprint density at radius 1 is 1.32 bits per heavy atom. The molecule has 0 fully saturated rings. The molecule has 2 aromatic heterocycles. The van der Waals surface area contributed by atoms with Gasteiger partial charge in [0, 0.05) is 35.9 Å². The van der Waals surface area contributed by atoms with E-state index < -0.39 is 0 Å². The fourth-order valence-electron chi connectivity index (χ4n) is 1.87. The van der Waals surface area contributed by atoms with E-state index >= 15 is 0 Å². The van der Waals surface area contributed by atoms with Crippen molar-refractivity contribution < 1.29 is 4.79 Å². The molecule has 1 N–H and O–H groups in total. The number of pyridine rings is 1. The number of benzene rings is 1. The summed E-state index contributed by atoms with van der Waals surface area (Å²) in [7, 11) is 1.72. The van der Waals surface area contributed by atoms with Gasteiger partial charge in [-0.15, -0.1) is 5.10 Å². The Bertz CT molecular complexity index is 744. The number of hydrogen-bond donors (Lipinski definition) is 1. The van der Waals surface area contributed by atoms with E-state index in [4.69, 9.17) is 0 Å². The Hall–Kier alpha value is -2.76. The van der Waals surface area contributed by atoms with Gasteiger partial charge in [-0.3, -0.25) is 14.5 Å². The molecule has 0 saturated carbocycles. The molecular weight excluding hydrogens is 242 g/mol. The Balaban J connectivity index is 1.95. The Morgan fingerprint density at radius 3 is 3.00 bits per heavy atom. The minimum atomic E-state index is -0.280. The molecule has 3 aromatic rings. The summed E-state index contributed by atoms with van der Waals surface area (Å²) in [5.74, 6) is -0.280. The van der Waals surface area contributed by atoms with Crippen LogP contribution in [0.1, 0.15) is 10.5 Å². The van der Waals surface area contributed by atoms with Crippen LogP contribution in [-0.4, -0.2) is 25.9 Å². The number of rotatable bonds is 2. The number of nitrogens with zero attached hydrogens (tertiary/aromatic N) is 4. The van der Waals surface area contributed by atoms with Crippen LogP contribution in [0.2, 0.25) is 0 Å². The van der Waals surface area contributed by atoms with E-state index in [9.17, 15) is 4.79 Å². The second kappa shape index (κ2) is 4.49. The first-order chi connectivity index (χ1) is 9.24. The lowest BCUT2D eigenvalue weighted by Gasteiger charge is -2.06. The molecule has 6 nitrogen and oxygen atoms in total. The van der Waals surface area contributed by atoms with Crippen molar-refractivity contribution in [3.05, 3.63) is 48.5 Å². The van der Waals surface area contributed by atoms with Gasteiger partial charge in [-0.05, 0) is 12.1 Å². The molecule has 0 unspecified atom stereocenters. The predicted octanol–water partition coefficient (Wildman–Crippen LogP) is 1.62. The van der Waals surface area contributed by atoms with Crippen LogP contribution in [-0.2, 0) is 7.05 Å². The highest BCUT2D eigenvalue weighted by Crippen LogP contribution is 2.22. The maximum absolute atomic E-state index is 12.0. The zero-order valence-electron chi connectivity index (χ0n) is 10.2. The zero-order chi connectivity index (χ0) is 13.2. The van der Waals surface area contributed by atoms with Crippen LogP contribution in [0, 0.1) is 0 Å². The average Bonchev–Trinajstić information content (AvgIpc) is 2.86. The molecular formula is C13H11N5O. The van der Waals surface area contributed by atoms with E-state index in [-0.39, 0.29) is 11.6 Å². The van der Waals surface area contributed by atoms with E-state index in [1.165, 1.54) is 4.68 Å². The minimum Gasteiger partial charge on any atom is -0.320 e. The highest BCUT2D eigenvalue weighted by molar-refractivity contribution is 6.07. The maximum Gasteiger partial charge on any atom is 0.277 e. The van der Waals surface area contributed by atoms with Gasteiger partial charge >= 0.3 is 0 Å². The van der Waals surface area contributed by atoms with E-state index in [1.54, 1.807) is 25.6 Å². The lowest BCUT2D eigenvalue weighted by Crippen LogP contribution is -2.12. The van der Waals surface area contributed by atoms with Gasteiger partial charge in [0.05, 0.1) is 6.20 Å². The first-order valence-corrected chi connectivity index (χ1v) is 5.74. The van der Waals surface area contributed by atoms with Crippen LogP contribution in [0.15, 0.2) is 42.9 Å². The number of aryl methyl sites for hydroxylation is 1. The largest absolute Gasteiger partial charge is 0.320 e. The fraction of sp³-hybridized carbons (Fsp3) is 0.0769. The van der Waals surface area contributed by atoms with E-state index in [1.807, 2.05) is 24.3 Å². The molecule has 1 amide bonds. The first-order valence-electron chi connectivity index (χ1n) is 5.74. The molecule has 2 heterocycles. The predicted molar refractivity (Wildman–Crippen MR) is 70.7 cm³/mol. The third-order valence-electron chi connectivity index (χ3n) is 2.76. The van der Waals surface area contributed by atoms with Gasteiger partial charge in [0.15, 0.2) is 5.69 Å². The molecule has 0 radical (unpaired) electrons. The van der Waals surface area contributed by atoms with Crippen LogP contribution < -0.4 is 5.32 Å². The van der Waals surface area contributed by atoms with E-state index in [2.05, 4.69) is 20.6 Å². The number of fused-ring (bicyclic) bond motifs is 1. The lowest BCUT2D eigenvalue weighted by atomic mass is 10.1. The van der Waals surface area contributed by atoms with Crippen LogP contribution >= 0.6 is 0 Å². The van der Waals surface area contributed by atoms with Crippen molar-refractivity contribution >= 4 is 22.4 Å². The molecule has 0 bridgehead atoms. The monoisotopic (exact) mass is 253 g/mol. The van der Waals surface area contributed by atoms with E-state index in [0.29, 0.717) is 0 Å². The second-order valence-corrected chi connectivity index (χ2v) is 4.13. The highest BCUT2D eigenvalue weighted by atomic mass is 16.2. The molecule has 6 heteroatoms. The summed E-state index contributed by atoms with van der Waals surface area (Å²) in [6.45, 7) is 0. The van der Waals surface area contributed by atoms with Crippen LogP contribution in [0.3, 0.4) is 0 Å². The number of nitrogens with one attached hydrogen (secondary N) is 1. The molecule has 0 aliphatic carbocycles. The first kappa shape index (κ1) is 11.3. The van der Waals surface area contributed by atoms with Crippen LogP contribution in [0.5, 0.6) is 0 Å². The minimum absolute atomic E-state index is 0.280. The molecule has 0 aliphatic heterocycles. The summed E-state index contributed by atoms with van der Waals surface area (Å²) >= 11 is 0. The number of anilines is 1. The summed E-state index contributed by atoms with van der Waals surface area (Å²) in [5, 5.41) is 12.3. The van der Waals surface area contributed by atoms with Crippen molar-refractivity contribution in [2.45, 2.75) is 0 Å². The molecule has 3 rings (SSSR count). The molecule has 94 valence electrons. The SMILES string of the molecule is Cn1cc(C(=O)Nc2cccc3cnccc23)nn1. The Morgan fingerprint density at radius 2 is 2.21 bits per heavy atom. The molecule has 0 spiro atoms. The van der Waals surface area contributed by atoms with Gasteiger partial charge in [0.25, 0.3) is 5.91 Å². The molecule has 0 saturated heterocycles. The summed E-state index contributed by atoms with van der Waals surface area (Å²) in [5.41, 5.74) is 1.02. The van der Waals surface area contributed by atoms with Gasteiger partial charge in [-0.2, -0.15) is 0 Å². The van der Waals surface area contributed by atoms with Gasteiger partial charge in [-0.1, -0.05) is 17.3 Å². The summed E-state index contributed by atoms with van der Waals surface area (Å²) < 4.78 is 1.49. The van der Waals surface area contributed by atoms with Gasteiger partial charge < -0.3 is 5.32 Å². The number of hydrogen-bond acceptors (Lipinski definition) is 4. The van der Waals surface area contributed by atoms with Crippen molar-refractivity contribution in [1.82, 2.24) is 20.0 Å². The van der Waals surface area contributed by atoms with Crippen molar-refractivity contribution in [1.29, 1.82) is 0 Å². The number of carbonyl (C=O) groups excluding carboxylic acids is 1. The summed E-state index contributed by atoms with van der Waals surface area (Å²) in [4.78, 5) is 16.1. The van der Waals surface area contributed by atoms with Crippen molar-refractivity contribution in [2.75, 3.05) is 5.32 Å². The molecule has 0 atom stereocenters. The third-order valence-corrected chi connectivity index (χ3v) is 2.76. The molecule has 0 aliphatic rings. The number of amides is 1. The highest BCUT2D eigenvalue weighted by Gasteiger charge is 2.11. The quantitative estimate of drug-likeness (QED) is 0.753. The van der Waals surface area contributed by atoms with E-state index in [0.717, 1.165) is 16.5 Å². The third kappa shape index (κ3) is 2.15. The standard InChI is InChI=1S/C13H11N5O/c1-18-8-12(16-17-18)13(19)15-11-4-2-3-9-7-14-6-5-10(9)11/h2-8H,1H3,(H,15,19). The summed E-state index contributed by atoms with van der Waals surface area (Å²) in [6, 6.07) is 7.52. The van der Waals surface area contributed by atoms with Crippen molar-refractivity contribution in [3.8, 4) is 0 Å².